The molecule has 0 bridgehead atoms. The molecule has 1 amide bonds. The zero-order chi connectivity index (χ0) is 21.1. The zero-order valence-electron chi connectivity index (χ0n) is 16.6. The van der Waals surface area contributed by atoms with Gasteiger partial charge in [-0.05, 0) is 30.7 Å². The number of hydrogen-bond donors (Lipinski definition) is 1. The van der Waals surface area contributed by atoms with Crippen molar-refractivity contribution in [3.63, 3.8) is 0 Å². The Kier molecular flexibility index (Phi) is 8.89. The van der Waals surface area contributed by atoms with E-state index in [2.05, 4.69) is 6.92 Å². The highest BCUT2D eigenvalue weighted by Crippen LogP contribution is 2.19. The second-order valence-electron chi connectivity index (χ2n) is 6.69. The van der Waals surface area contributed by atoms with E-state index < -0.39 is 18.0 Å². The number of nitrogens with two attached hydrogens (primary N) is 1. The number of amides is 1. The van der Waals surface area contributed by atoms with Gasteiger partial charge in [0.1, 0.15) is 5.75 Å². The van der Waals surface area contributed by atoms with E-state index in [1.54, 1.807) is 54.6 Å². The Morgan fingerprint density at radius 1 is 0.931 bits per heavy atom. The molecular weight excluding hydrogens is 370 g/mol. The average Bonchev–Trinajstić information content (AvgIpc) is 2.74. The Labute approximate surface area is 171 Å². The number of ketones is 1. The van der Waals surface area contributed by atoms with Crippen molar-refractivity contribution in [2.24, 2.45) is 5.73 Å². The molecule has 0 aromatic heterocycles. The van der Waals surface area contributed by atoms with Crippen LogP contribution in [0.25, 0.3) is 0 Å². The second kappa shape index (κ2) is 11.6. The third kappa shape index (κ3) is 7.41. The minimum atomic E-state index is -1.16. The maximum absolute atomic E-state index is 12.3. The van der Waals surface area contributed by atoms with Crippen LogP contribution >= 0.6 is 0 Å². The normalized spacial score (nSPS) is 11.5. The molecule has 1 unspecified atom stereocenters. The first-order valence-electron chi connectivity index (χ1n) is 9.81. The monoisotopic (exact) mass is 397 g/mol. The molecule has 0 aliphatic rings. The number of carbonyl (C=O) groups excluding carboxylic acids is 3. The Bertz CT molecular complexity index is 802. The highest BCUT2D eigenvalue weighted by Gasteiger charge is 2.22. The third-order valence-corrected chi connectivity index (χ3v) is 4.36. The Morgan fingerprint density at radius 2 is 1.62 bits per heavy atom. The lowest BCUT2D eigenvalue weighted by atomic mass is 10.1. The standard InChI is InChI=1S/C23H27NO5/c1-2-3-7-16-28-19-12-10-17(11-13-19)20(25)14-15-21(26)29-22(23(24)27)18-8-5-4-6-9-18/h4-6,8-13,22H,2-3,7,14-16H2,1H3,(H2,24,27). The summed E-state index contributed by atoms with van der Waals surface area (Å²) in [6, 6.07) is 15.4. The highest BCUT2D eigenvalue weighted by molar-refractivity contribution is 5.97. The number of ether oxygens (including phenoxy) is 2. The molecule has 6 nitrogen and oxygen atoms in total. The van der Waals surface area contributed by atoms with Crippen LogP contribution in [0.4, 0.5) is 0 Å². The summed E-state index contributed by atoms with van der Waals surface area (Å²) < 4.78 is 10.8. The Balaban J connectivity index is 1.83. The Hall–Kier alpha value is -3.15. The summed E-state index contributed by atoms with van der Waals surface area (Å²) in [7, 11) is 0. The van der Waals surface area contributed by atoms with Gasteiger partial charge in [-0.15, -0.1) is 0 Å². The van der Waals surface area contributed by atoms with Crippen LogP contribution in [0.2, 0.25) is 0 Å². The van der Waals surface area contributed by atoms with Crippen LogP contribution in [0.1, 0.15) is 61.1 Å². The van der Waals surface area contributed by atoms with Crippen molar-refractivity contribution >= 4 is 17.7 Å². The molecule has 2 aromatic rings. The maximum Gasteiger partial charge on any atom is 0.307 e. The summed E-state index contributed by atoms with van der Waals surface area (Å²) in [5.74, 6) is -0.883. The van der Waals surface area contributed by atoms with Crippen molar-refractivity contribution in [1.29, 1.82) is 0 Å². The van der Waals surface area contributed by atoms with Crippen LogP contribution in [0.5, 0.6) is 5.75 Å². The SMILES string of the molecule is CCCCCOc1ccc(C(=O)CCC(=O)OC(C(N)=O)c2ccccc2)cc1. The van der Waals surface area contributed by atoms with Gasteiger partial charge in [0.05, 0.1) is 13.0 Å². The van der Waals surface area contributed by atoms with E-state index >= 15 is 0 Å². The largest absolute Gasteiger partial charge is 0.494 e. The number of hydrogen-bond acceptors (Lipinski definition) is 5. The molecule has 2 rings (SSSR count). The van der Waals surface area contributed by atoms with Crippen molar-refractivity contribution in [3.05, 3.63) is 65.7 Å². The van der Waals surface area contributed by atoms with Gasteiger partial charge < -0.3 is 15.2 Å². The summed E-state index contributed by atoms with van der Waals surface area (Å²) in [6.45, 7) is 2.78. The molecule has 1 atom stereocenters. The van der Waals surface area contributed by atoms with Crippen molar-refractivity contribution in [2.45, 2.75) is 45.1 Å². The molecule has 0 saturated heterocycles. The fourth-order valence-electron chi connectivity index (χ4n) is 2.75. The van der Waals surface area contributed by atoms with Crippen LogP contribution < -0.4 is 10.5 Å². The smallest absolute Gasteiger partial charge is 0.307 e. The summed E-state index contributed by atoms with van der Waals surface area (Å²) in [6.07, 6.45) is 1.93. The van der Waals surface area contributed by atoms with Crippen molar-refractivity contribution in [2.75, 3.05) is 6.61 Å². The first-order chi connectivity index (χ1) is 14.0. The van der Waals surface area contributed by atoms with Crippen molar-refractivity contribution in [1.82, 2.24) is 0 Å². The topological polar surface area (TPSA) is 95.7 Å². The first-order valence-corrected chi connectivity index (χ1v) is 9.81. The molecule has 0 radical (unpaired) electrons. The van der Waals surface area contributed by atoms with Crippen molar-refractivity contribution in [3.8, 4) is 5.75 Å². The fourth-order valence-corrected chi connectivity index (χ4v) is 2.75. The second-order valence-corrected chi connectivity index (χ2v) is 6.69. The highest BCUT2D eigenvalue weighted by atomic mass is 16.5. The van der Waals surface area contributed by atoms with Gasteiger partial charge in [-0.1, -0.05) is 50.1 Å². The number of rotatable bonds is 12. The number of Topliss-reactive ketones (excluding diaryl/α,β-unsaturated/α-hetero) is 1. The van der Waals surface area contributed by atoms with E-state index in [1.807, 2.05) is 0 Å². The number of benzene rings is 2. The van der Waals surface area contributed by atoms with Gasteiger partial charge in [0.15, 0.2) is 5.78 Å². The third-order valence-electron chi connectivity index (χ3n) is 4.36. The van der Waals surface area contributed by atoms with Crippen LogP contribution in [-0.4, -0.2) is 24.3 Å². The minimum absolute atomic E-state index is 0.0180. The van der Waals surface area contributed by atoms with Gasteiger partial charge in [-0.2, -0.15) is 0 Å². The fraction of sp³-hybridized carbons (Fsp3) is 0.348. The maximum atomic E-state index is 12.3. The first kappa shape index (κ1) is 22.1. The molecule has 0 aliphatic heterocycles. The molecule has 2 aromatic carbocycles. The van der Waals surface area contributed by atoms with Gasteiger partial charge >= 0.3 is 5.97 Å². The molecule has 0 heterocycles. The van der Waals surface area contributed by atoms with E-state index in [4.69, 9.17) is 15.2 Å². The molecule has 0 aliphatic carbocycles. The molecule has 2 N–H and O–H groups in total. The quantitative estimate of drug-likeness (QED) is 0.332. The number of esters is 1. The zero-order valence-corrected chi connectivity index (χ0v) is 16.6. The van der Waals surface area contributed by atoms with E-state index in [0.717, 1.165) is 19.3 Å². The lowest BCUT2D eigenvalue weighted by molar-refractivity contribution is -0.155. The number of carbonyl (C=O) groups is 3. The van der Waals surface area contributed by atoms with E-state index in [0.29, 0.717) is 23.5 Å². The van der Waals surface area contributed by atoms with Crippen LogP contribution in [0.3, 0.4) is 0 Å². The molecule has 29 heavy (non-hydrogen) atoms. The van der Waals surface area contributed by atoms with Gasteiger partial charge in [0, 0.05) is 17.5 Å². The predicted octanol–water partition coefficient (Wildman–Crippen LogP) is 3.99. The van der Waals surface area contributed by atoms with Crippen LogP contribution in [-0.2, 0) is 14.3 Å². The van der Waals surface area contributed by atoms with E-state index in [1.165, 1.54) is 0 Å². The molecule has 0 fully saturated rings. The van der Waals surface area contributed by atoms with E-state index in [-0.39, 0.29) is 18.6 Å². The van der Waals surface area contributed by atoms with Crippen LogP contribution in [0.15, 0.2) is 54.6 Å². The van der Waals surface area contributed by atoms with Gasteiger partial charge in [-0.25, -0.2) is 0 Å². The summed E-state index contributed by atoms with van der Waals surface area (Å²) in [5.41, 5.74) is 6.32. The lowest BCUT2D eigenvalue weighted by Gasteiger charge is -2.14. The minimum Gasteiger partial charge on any atom is -0.494 e. The Morgan fingerprint density at radius 3 is 2.24 bits per heavy atom. The molecule has 6 heteroatoms. The van der Waals surface area contributed by atoms with Crippen LogP contribution in [0, 0.1) is 0 Å². The summed E-state index contributed by atoms with van der Waals surface area (Å²) >= 11 is 0. The van der Waals surface area contributed by atoms with E-state index in [9.17, 15) is 14.4 Å². The molecular formula is C23H27NO5. The van der Waals surface area contributed by atoms with Gasteiger partial charge in [-0.3, -0.25) is 14.4 Å². The summed E-state index contributed by atoms with van der Waals surface area (Å²) in [5, 5.41) is 0. The average molecular weight is 397 g/mol. The van der Waals surface area contributed by atoms with Gasteiger partial charge in [0.2, 0.25) is 6.10 Å². The molecule has 0 saturated carbocycles. The summed E-state index contributed by atoms with van der Waals surface area (Å²) in [4.78, 5) is 36.0. The van der Waals surface area contributed by atoms with Crippen molar-refractivity contribution < 1.29 is 23.9 Å². The number of primary amides is 1. The predicted molar refractivity (Wildman–Crippen MR) is 109 cm³/mol. The molecule has 154 valence electrons. The number of unbranched alkanes of at least 4 members (excludes halogenated alkanes) is 2. The van der Waals surface area contributed by atoms with Gasteiger partial charge in [0.25, 0.3) is 5.91 Å². The lowest BCUT2D eigenvalue weighted by Crippen LogP contribution is -2.26. The molecule has 0 spiro atoms.